The summed E-state index contributed by atoms with van der Waals surface area (Å²) in [5.74, 6) is -2.15. The van der Waals surface area contributed by atoms with Gasteiger partial charge in [-0.2, -0.15) is 0 Å². The van der Waals surface area contributed by atoms with Crippen LogP contribution in [0.5, 0.6) is 0 Å². The van der Waals surface area contributed by atoms with Crippen LogP contribution < -0.4 is 5.32 Å². The monoisotopic (exact) mass is 312 g/mol. The third kappa shape index (κ3) is 3.28. The summed E-state index contributed by atoms with van der Waals surface area (Å²) < 4.78 is 0. The lowest BCUT2D eigenvalue weighted by molar-refractivity contribution is -0.147. The largest absolute Gasteiger partial charge is 0.481 e. The zero-order valence-electron chi connectivity index (χ0n) is 12.8. The molecular formula is C18H20N2O3. The Bertz CT molecular complexity index is 748. The highest BCUT2D eigenvalue weighted by Gasteiger charge is 2.33. The average Bonchev–Trinajstić information content (AvgIpc) is 2.98. The summed E-state index contributed by atoms with van der Waals surface area (Å²) in [4.78, 5) is 26.8. The maximum absolute atomic E-state index is 12.3. The maximum Gasteiger partial charge on any atom is 0.307 e. The lowest BCUT2D eigenvalue weighted by Crippen LogP contribution is -2.39. The van der Waals surface area contributed by atoms with Gasteiger partial charge in [-0.1, -0.05) is 30.4 Å². The molecule has 0 radical (unpaired) electrons. The summed E-state index contributed by atoms with van der Waals surface area (Å²) in [6, 6.07) is 8.04. The molecule has 2 atom stereocenters. The van der Waals surface area contributed by atoms with E-state index in [1.54, 1.807) is 0 Å². The van der Waals surface area contributed by atoms with Crippen LogP contribution in [0.15, 0.2) is 42.6 Å². The average molecular weight is 312 g/mol. The van der Waals surface area contributed by atoms with Crippen molar-refractivity contribution in [2.45, 2.75) is 19.3 Å². The molecule has 23 heavy (non-hydrogen) atoms. The van der Waals surface area contributed by atoms with E-state index in [1.807, 2.05) is 36.5 Å². The fraction of sp³-hybridized carbons (Fsp3) is 0.333. The number of nitrogens with one attached hydrogen (secondary N) is 2. The molecule has 0 fully saturated rings. The van der Waals surface area contributed by atoms with Crippen LogP contribution in [0.25, 0.3) is 10.9 Å². The Morgan fingerprint density at radius 2 is 1.91 bits per heavy atom. The Balaban J connectivity index is 1.59. The molecule has 1 aliphatic carbocycles. The van der Waals surface area contributed by atoms with Gasteiger partial charge in [-0.15, -0.1) is 0 Å². The van der Waals surface area contributed by atoms with Gasteiger partial charge < -0.3 is 15.4 Å². The van der Waals surface area contributed by atoms with Crippen molar-refractivity contribution in [3.63, 3.8) is 0 Å². The highest BCUT2D eigenvalue weighted by atomic mass is 16.4. The summed E-state index contributed by atoms with van der Waals surface area (Å²) in [7, 11) is 0. The lowest BCUT2D eigenvalue weighted by Gasteiger charge is -2.24. The number of rotatable bonds is 5. The molecule has 5 heteroatoms. The number of hydrogen-bond donors (Lipinski definition) is 3. The van der Waals surface area contributed by atoms with Crippen LogP contribution in [0.3, 0.4) is 0 Å². The van der Waals surface area contributed by atoms with Crippen LogP contribution in [-0.4, -0.2) is 28.5 Å². The normalized spacial score (nSPS) is 20.5. The van der Waals surface area contributed by atoms with E-state index in [0.717, 1.165) is 22.9 Å². The van der Waals surface area contributed by atoms with Crippen LogP contribution >= 0.6 is 0 Å². The van der Waals surface area contributed by atoms with Crippen molar-refractivity contribution >= 4 is 22.8 Å². The fourth-order valence-electron chi connectivity index (χ4n) is 3.17. The zero-order valence-corrected chi connectivity index (χ0v) is 12.8. The van der Waals surface area contributed by atoms with E-state index in [0.29, 0.717) is 19.4 Å². The van der Waals surface area contributed by atoms with Gasteiger partial charge >= 0.3 is 5.97 Å². The fourth-order valence-corrected chi connectivity index (χ4v) is 3.17. The minimum absolute atomic E-state index is 0.165. The van der Waals surface area contributed by atoms with Crippen molar-refractivity contribution in [3.05, 3.63) is 48.2 Å². The summed E-state index contributed by atoms with van der Waals surface area (Å²) >= 11 is 0. The predicted octanol–water partition coefficient (Wildman–Crippen LogP) is 2.49. The number of aromatic nitrogens is 1. The third-order valence-corrected chi connectivity index (χ3v) is 4.45. The van der Waals surface area contributed by atoms with Gasteiger partial charge in [-0.3, -0.25) is 9.59 Å². The zero-order chi connectivity index (χ0) is 16.2. The Kier molecular flexibility index (Phi) is 4.46. The highest BCUT2D eigenvalue weighted by molar-refractivity contribution is 5.85. The number of H-pyrrole nitrogens is 1. The molecule has 1 heterocycles. The van der Waals surface area contributed by atoms with Gasteiger partial charge in [0.1, 0.15) is 0 Å². The third-order valence-electron chi connectivity index (χ3n) is 4.45. The molecule has 0 saturated heterocycles. The number of hydrogen-bond acceptors (Lipinski definition) is 2. The number of carbonyl (C=O) groups excluding carboxylic acids is 1. The molecule has 1 aromatic heterocycles. The first-order valence-corrected chi connectivity index (χ1v) is 7.87. The number of carboxylic acid groups (broad SMARTS) is 1. The molecule has 3 N–H and O–H groups in total. The molecule has 0 bridgehead atoms. The first-order valence-electron chi connectivity index (χ1n) is 7.87. The minimum atomic E-state index is -0.897. The molecule has 1 aromatic carbocycles. The lowest BCUT2D eigenvalue weighted by atomic mass is 9.82. The number of allylic oxidation sites excluding steroid dienone is 2. The number of aliphatic carboxylic acids is 1. The highest BCUT2D eigenvalue weighted by Crippen LogP contribution is 2.26. The van der Waals surface area contributed by atoms with Crippen molar-refractivity contribution in [1.82, 2.24) is 10.3 Å². The molecule has 0 aliphatic heterocycles. The van der Waals surface area contributed by atoms with Gasteiger partial charge in [0.05, 0.1) is 11.8 Å². The van der Waals surface area contributed by atoms with E-state index in [-0.39, 0.29) is 5.91 Å². The molecule has 1 aliphatic rings. The van der Waals surface area contributed by atoms with Gasteiger partial charge in [0.25, 0.3) is 0 Å². The van der Waals surface area contributed by atoms with E-state index >= 15 is 0 Å². The first kappa shape index (κ1) is 15.3. The van der Waals surface area contributed by atoms with Crippen LogP contribution in [0.1, 0.15) is 18.4 Å². The summed E-state index contributed by atoms with van der Waals surface area (Å²) in [5.41, 5.74) is 2.23. The predicted molar refractivity (Wildman–Crippen MR) is 88.0 cm³/mol. The van der Waals surface area contributed by atoms with E-state index in [1.165, 1.54) is 0 Å². The van der Waals surface area contributed by atoms with Crippen LogP contribution in [-0.2, 0) is 16.0 Å². The second-order valence-electron chi connectivity index (χ2n) is 5.89. The number of para-hydroxylation sites is 1. The standard InChI is InChI=1S/C18H20N2O3/c21-17(14-6-1-2-7-15(14)18(22)23)19-10-9-12-11-20-16-8-4-3-5-13(12)16/h1-5,8,11,14-15,20H,6-7,9-10H2,(H,19,21)(H,22,23)/t14-,15-/m1/s1. The number of carbonyl (C=O) groups is 2. The number of aromatic amines is 1. The summed E-state index contributed by atoms with van der Waals surface area (Å²) in [6.07, 6.45) is 7.33. The van der Waals surface area contributed by atoms with Crippen LogP contribution in [0.2, 0.25) is 0 Å². The molecule has 3 rings (SSSR count). The number of carboxylic acids is 1. The molecule has 0 saturated carbocycles. The van der Waals surface area contributed by atoms with Crippen molar-refractivity contribution in [2.24, 2.45) is 11.8 Å². The van der Waals surface area contributed by atoms with E-state index in [4.69, 9.17) is 0 Å². The number of benzene rings is 1. The van der Waals surface area contributed by atoms with Crippen molar-refractivity contribution in [1.29, 1.82) is 0 Å². The SMILES string of the molecule is O=C(O)[C@@H]1CC=CC[C@H]1C(=O)NCCc1c[nH]c2ccccc12. The van der Waals surface area contributed by atoms with E-state index < -0.39 is 17.8 Å². The Morgan fingerprint density at radius 3 is 2.70 bits per heavy atom. The van der Waals surface area contributed by atoms with Crippen LogP contribution in [0.4, 0.5) is 0 Å². The first-order chi connectivity index (χ1) is 11.2. The molecule has 120 valence electrons. The molecule has 1 amide bonds. The van der Waals surface area contributed by atoms with Gasteiger partial charge in [0, 0.05) is 23.6 Å². The number of amides is 1. The van der Waals surface area contributed by atoms with Gasteiger partial charge in [0.15, 0.2) is 0 Å². The number of fused-ring (bicyclic) bond motifs is 1. The second kappa shape index (κ2) is 6.69. The molecule has 2 aromatic rings. The van der Waals surface area contributed by atoms with Crippen molar-refractivity contribution in [2.75, 3.05) is 6.54 Å². The van der Waals surface area contributed by atoms with Crippen molar-refractivity contribution in [3.8, 4) is 0 Å². The Labute approximate surface area is 134 Å². The topological polar surface area (TPSA) is 82.2 Å². The maximum atomic E-state index is 12.3. The van der Waals surface area contributed by atoms with Gasteiger partial charge in [-0.25, -0.2) is 0 Å². The minimum Gasteiger partial charge on any atom is -0.481 e. The summed E-state index contributed by atoms with van der Waals surface area (Å²) in [5, 5.41) is 13.3. The van der Waals surface area contributed by atoms with Crippen LogP contribution in [0, 0.1) is 11.8 Å². The van der Waals surface area contributed by atoms with E-state index in [9.17, 15) is 14.7 Å². The Hall–Kier alpha value is -2.56. The van der Waals surface area contributed by atoms with Gasteiger partial charge in [-0.05, 0) is 30.9 Å². The van der Waals surface area contributed by atoms with E-state index in [2.05, 4.69) is 16.4 Å². The molecule has 0 unspecified atom stereocenters. The van der Waals surface area contributed by atoms with Gasteiger partial charge in [0.2, 0.25) is 5.91 Å². The smallest absolute Gasteiger partial charge is 0.307 e. The second-order valence-corrected chi connectivity index (χ2v) is 5.89. The quantitative estimate of drug-likeness (QED) is 0.742. The molecule has 0 spiro atoms. The Morgan fingerprint density at radius 1 is 1.17 bits per heavy atom. The molecule has 5 nitrogen and oxygen atoms in total. The van der Waals surface area contributed by atoms with Crippen molar-refractivity contribution < 1.29 is 14.7 Å². The summed E-state index contributed by atoms with van der Waals surface area (Å²) in [6.45, 7) is 0.507. The molecular weight excluding hydrogens is 292 g/mol.